The number of hydrogen-bond donors (Lipinski definition) is 0. The van der Waals surface area contributed by atoms with Crippen LogP contribution >= 0.6 is 0 Å². The number of likely N-dealkylation sites (N-methyl/N-ethyl adjacent to an activating group) is 1. The lowest BCUT2D eigenvalue weighted by molar-refractivity contribution is -0.128. The Kier molecular flexibility index (Phi) is 6.77. The number of hydrogen-bond acceptors (Lipinski definition) is 8. The van der Waals surface area contributed by atoms with Crippen molar-refractivity contribution in [2.45, 2.75) is 50.1 Å². The SMILES string of the molecule is C=CC(=O)N1CCN(c2nc(OC[C@@H]3CCCN3C)nc3c(F)c(-c4cccc5c4[C@@H]4C[C@@H]4C5)ncc23)C[C@@H]1CC#N. The standard InChI is InChI=1S/C32H34FN7O2/c1-3-26(41)40-13-12-39(17-21(40)9-10-34)31-25-16-35-29(23-8-4-6-19-14-20-15-24(20)27(19)23)28(33)30(25)36-32(37-31)42-18-22-7-5-11-38(22)2/h3-4,6,8,16,20-22,24H,1,5,7,9,11-15,17-18H2,2H3/t20-,21-,22-,24+/m0/s1. The first kappa shape index (κ1) is 26.8. The second-order valence-corrected chi connectivity index (χ2v) is 12.0. The van der Waals surface area contributed by atoms with Gasteiger partial charge in [-0.25, -0.2) is 4.39 Å². The number of carbonyl (C=O) groups is 1. The van der Waals surface area contributed by atoms with Crippen molar-refractivity contribution in [3.05, 3.63) is 54.0 Å². The van der Waals surface area contributed by atoms with Crippen LogP contribution in [0.2, 0.25) is 0 Å². The molecule has 2 aliphatic heterocycles. The van der Waals surface area contributed by atoms with Gasteiger partial charge in [0.15, 0.2) is 5.82 Å². The normalized spacial score (nSPS) is 24.8. The number of piperazine rings is 1. The molecule has 0 unspecified atom stereocenters. The summed E-state index contributed by atoms with van der Waals surface area (Å²) in [6, 6.07) is 8.31. The molecule has 0 radical (unpaired) electrons. The van der Waals surface area contributed by atoms with Gasteiger partial charge in [0.05, 0.1) is 23.9 Å². The Morgan fingerprint density at radius 2 is 2.14 bits per heavy atom. The van der Waals surface area contributed by atoms with Crippen LogP contribution in [0, 0.1) is 23.1 Å². The van der Waals surface area contributed by atoms with E-state index in [0.717, 1.165) is 37.8 Å². The molecular formula is C32H34FN7O2. The minimum absolute atomic E-state index is 0.121. The van der Waals surface area contributed by atoms with Gasteiger partial charge in [-0.3, -0.25) is 9.78 Å². The summed E-state index contributed by atoms with van der Waals surface area (Å²) in [5, 5.41) is 9.96. The summed E-state index contributed by atoms with van der Waals surface area (Å²) < 4.78 is 22.7. The van der Waals surface area contributed by atoms with Crippen molar-refractivity contribution in [3.63, 3.8) is 0 Å². The molecule has 42 heavy (non-hydrogen) atoms. The van der Waals surface area contributed by atoms with Gasteiger partial charge in [0.25, 0.3) is 0 Å². The lowest BCUT2D eigenvalue weighted by Crippen LogP contribution is -2.55. The number of ether oxygens (including phenoxy) is 1. The largest absolute Gasteiger partial charge is 0.462 e. The van der Waals surface area contributed by atoms with E-state index >= 15 is 4.39 Å². The van der Waals surface area contributed by atoms with Crippen LogP contribution in [0.3, 0.4) is 0 Å². The third-order valence-corrected chi connectivity index (χ3v) is 9.51. The highest BCUT2D eigenvalue weighted by atomic mass is 19.1. The smallest absolute Gasteiger partial charge is 0.319 e. The van der Waals surface area contributed by atoms with E-state index in [1.54, 1.807) is 11.1 Å². The molecule has 216 valence electrons. The van der Waals surface area contributed by atoms with E-state index in [9.17, 15) is 10.1 Å². The molecule has 1 aromatic carbocycles. The first-order chi connectivity index (χ1) is 20.5. The lowest BCUT2D eigenvalue weighted by atomic mass is 9.96. The summed E-state index contributed by atoms with van der Waals surface area (Å²) in [6.45, 7) is 6.24. The van der Waals surface area contributed by atoms with Crippen LogP contribution in [0.4, 0.5) is 10.2 Å². The number of nitrogens with zero attached hydrogens (tertiary/aromatic N) is 7. The molecule has 0 spiro atoms. The molecular weight excluding hydrogens is 533 g/mol. The van der Waals surface area contributed by atoms with Crippen molar-refractivity contribution in [1.82, 2.24) is 24.8 Å². The van der Waals surface area contributed by atoms with E-state index in [2.05, 4.69) is 40.6 Å². The molecule has 7 rings (SSSR count). The predicted molar refractivity (Wildman–Crippen MR) is 157 cm³/mol. The lowest BCUT2D eigenvalue weighted by Gasteiger charge is -2.41. The van der Waals surface area contributed by atoms with Crippen molar-refractivity contribution in [1.29, 1.82) is 5.26 Å². The maximum atomic E-state index is 16.6. The Bertz CT molecular complexity index is 1620. The number of rotatable bonds is 7. The van der Waals surface area contributed by atoms with Gasteiger partial charge in [0, 0.05) is 37.4 Å². The molecule has 0 bridgehead atoms. The number of amides is 1. The van der Waals surface area contributed by atoms with E-state index in [1.165, 1.54) is 17.2 Å². The van der Waals surface area contributed by atoms with E-state index in [-0.39, 0.29) is 35.9 Å². The zero-order valence-electron chi connectivity index (χ0n) is 23.8. The molecule has 0 N–H and O–H groups in total. The Labute approximate surface area is 244 Å². The van der Waals surface area contributed by atoms with Gasteiger partial charge in [-0.05, 0) is 68.3 Å². The first-order valence-electron chi connectivity index (χ1n) is 14.8. The van der Waals surface area contributed by atoms with Crippen molar-refractivity contribution >= 4 is 22.6 Å². The summed E-state index contributed by atoms with van der Waals surface area (Å²) in [5.41, 5.74) is 3.84. The fraction of sp³-hybridized carbons (Fsp3) is 0.469. The molecule has 4 aliphatic rings. The number of halogens is 1. The zero-order chi connectivity index (χ0) is 29.0. The van der Waals surface area contributed by atoms with Crippen molar-refractivity contribution in [3.8, 4) is 23.3 Å². The topological polar surface area (TPSA) is 98.5 Å². The predicted octanol–water partition coefficient (Wildman–Crippen LogP) is 4.08. The quantitative estimate of drug-likeness (QED) is 0.394. The monoisotopic (exact) mass is 567 g/mol. The van der Waals surface area contributed by atoms with Gasteiger partial charge < -0.3 is 19.4 Å². The van der Waals surface area contributed by atoms with Gasteiger partial charge in [-0.1, -0.05) is 24.8 Å². The molecule has 2 aromatic heterocycles. The number of likely N-dealkylation sites (tertiary alicyclic amines) is 1. The molecule has 1 saturated carbocycles. The van der Waals surface area contributed by atoms with Crippen LogP contribution < -0.4 is 9.64 Å². The van der Waals surface area contributed by atoms with Crippen molar-refractivity contribution in [2.24, 2.45) is 5.92 Å². The minimum Gasteiger partial charge on any atom is -0.462 e. The molecule has 9 nitrogen and oxygen atoms in total. The number of anilines is 1. The van der Waals surface area contributed by atoms with Crippen molar-refractivity contribution < 1.29 is 13.9 Å². The average molecular weight is 568 g/mol. The van der Waals surface area contributed by atoms with Crippen LogP contribution in [0.5, 0.6) is 6.01 Å². The van der Waals surface area contributed by atoms with Gasteiger partial charge >= 0.3 is 6.01 Å². The average Bonchev–Trinajstić information content (AvgIpc) is 3.48. The van der Waals surface area contributed by atoms with Gasteiger partial charge in [-0.2, -0.15) is 15.2 Å². The molecule has 10 heteroatoms. The Morgan fingerprint density at radius 1 is 1.26 bits per heavy atom. The van der Waals surface area contributed by atoms with Gasteiger partial charge in [0.2, 0.25) is 5.91 Å². The number of nitriles is 1. The fourth-order valence-corrected chi connectivity index (χ4v) is 7.16. The Morgan fingerprint density at radius 3 is 2.93 bits per heavy atom. The highest BCUT2D eigenvalue weighted by Crippen LogP contribution is 2.58. The molecule has 3 fully saturated rings. The molecule has 3 aromatic rings. The van der Waals surface area contributed by atoms with Crippen LogP contribution in [0.25, 0.3) is 22.2 Å². The second kappa shape index (κ2) is 10.6. The number of benzene rings is 1. The second-order valence-electron chi connectivity index (χ2n) is 12.0. The van der Waals surface area contributed by atoms with E-state index in [1.807, 2.05) is 17.0 Å². The third-order valence-electron chi connectivity index (χ3n) is 9.51. The summed E-state index contributed by atoms with van der Waals surface area (Å²) in [5.74, 6) is 0.966. The van der Waals surface area contributed by atoms with Gasteiger partial charge in [0.1, 0.15) is 23.6 Å². The third kappa shape index (κ3) is 4.56. The zero-order valence-corrected chi connectivity index (χ0v) is 23.8. The van der Waals surface area contributed by atoms with E-state index < -0.39 is 5.82 Å². The number of fused-ring (bicyclic) bond motifs is 4. The fourth-order valence-electron chi connectivity index (χ4n) is 7.16. The highest BCUT2D eigenvalue weighted by Gasteiger charge is 2.46. The maximum Gasteiger partial charge on any atom is 0.319 e. The Balaban J connectivity index is 1.30. The number of pyridine rings is 1. The molecule has 1 amide bonds. The maximum absolute atomic E-state index is 16.6. The molecule has 2 saturated heterocycles. The first-order valence-corrected chi connectivity index (χ1v) is 14.8. The highest BCUT2D eigenvalue weighted by molar-refractivity contribution is 5.93. The summed E-state index contributed by atoms with van der Waals surface area (Å²) in [7, 11) is 2.08. The van der Waals surface area contributed by atoms with E-state index in [4.69, 9.17) is 9.72 Å². The number of carbonyl (C=O) groups excluding carboxylic acids is 1. The van der Waals surface area contributed by atoms with Crippen molar-refractivity contribution in [2.75, 3.05) is 44.7 Å². The molecule has 2 aliphatic carbocycles. The minimum atomic E-state index is -0.481. The molecule has 4 atom stereocenters. The summed E-state index contributed by atoms with van der Waals surface area (Å²) in [6.07, 6.45) is 7.43. The van der Waals surface area contributed by atoms with E-state index in [0.29, 0.717) is 55.0 Å². The van der Waals surface area contributed by atoms with Crippen LogP contribution in [-0.2, 0) is 11.2 Å². The molecule has 4 heterocycles. The Hall–Kier alpha value is -4.10. The van der Waals surface area contributed by atoms with Crippen LogP contribution in [-0.4, -0.2) is 82.6 Å². The van der Waals surface area contributed by atoms with Crippen LogP contribution in [0.15, 0.2) is 37.1 Å². The number of aromatic nitrogens is 3. The van der Waals surface area contributed by atoms with Gasteiger partial charge in [-0.15, -0.1) is 0 Å². The van der Waals surface area contributed by atoms with Crippen LogP contribution in [0.1, 0.15) is 42.7 Å². The summed E-state index contributed by atoms with van der Waals surface area (Å²) >= 11 is 0. The summed E-state index contributed by atoms with van der Waals surface area (Å²) in [4.78, 5) is 32.5.